The number of fused-ring (bicyclic) bond motifs is 1. The molecule has 2 aromatic heterocycles. The van der Waals surface area contributed by atoms with Crippen molar-refractivity contribution in [1.82, 2.24) is 14.0 Å². The minimum absolute atomic E-state index is 0.0110. The lowest BCUT2D eigenvalue weighted by atomic mass is 10.2. The molecule has 2 heterocycles. The average molecular weight is 546 g/mol. The van der Waals surface area contributed by atoms with Gasteiger partial charge >= 0.3 is 11.9 Å². The molecule has 1 unspecified atom stereocenters. The minimum Gasteiger partial charge on any atom is -0.492 e. The molecule has 7 N–H and O–H groups in total. The summed E-state index contributed by atoms with van der Waals surface area (Å²) in [6, 6.07) is 11.5. The topological polar surface area (TPSA) is 200 Å². The van der Waals surface area contributed by atoms with Gasteiger partial charge in [0, 0.05) is 37.2 Å². The van der Waals surface area contributed by atoms with E-state index in [1.54, 1.807) is 18.2 Å². The van der Waals surface area contributed by atoms with Crippen molar-refractivity contribution in [3.05, 3.63) is 76.7 Å². The lowest BCUT2D eigenvalue weighted by molar-refractivity contribution is -0.460. The molecule has 3 rings (SSSR count). The highest BCUT2D eigenvalue weighted by Gasteiger charge is 2.33. The zero-order valence-corrected chi connectivity index (χ0v) is 21.3. The van der Waals surface area contributed by atoms with Crippen LogP contribution in [0.2, 0.25) is 0 Å². The molecule has 1 amide bonds. The maximum absolute atomic E-state index is 12.8. The number of hydrogen-bond donors (Lipinski definition) is 5. The molecule has 1 atom stereocenters. The Morgan fingerprint density at radius 2 is 1.87 bits per heavy atom. The zero-order valence-electron chi connectivity index (χ0n) is 20.5. The smallest absolute Gasteiger partial charge is 0.338 e. The summed E-state index contributed by atoms with van der Waals surface area (Å²) in [5, 5.41) is 12.0. The number of sulfonamides is 1. The van der Waals surface area contributed by atoms with E-state index in [1.165, 1.54) is 40.9 Å². The van der Waals surface area contributed by atoms with Gasteiger partial charge in [-0.15, -0.1) is 0 Å². The Balaban J connectivity index is 1.70. The third-order valence-corrected chi connectivity index (χ3v) is 7.43. The van der Waals surface area contributed by atoms with E-state index in [0.717, 1.165) is 13.1 Å². The lowest BCUT2D eigenvalue weighted by Crippen LogP contribution is -2.78. The van der Waals surface area contributed by atoms with E-state index in [4.69, 9.17) is 16.2 Å². The molecule has 0 radical (unpaired) electrons. The molecular formula is C24H29N6O7S+. The number of carbonyl (C=O) groups excluding carboxylic acids is 1. The normalized spacial score (nSPS) is 12.2. The number of rotatable bonds is 12. The van der Waals surface area contributed by atoms with Gasteiger partial charge in [-0.1, -0.05) is 18.2 Å². The number of carbonyl (C=O) groups is 2. The number of nitrogens with two attached hydrogens (primary N) is 2. The number of carboxylic acids is 1. The standard InChI is InChI=1S/C24H28N6O7S/c1-29(38(35,36)19-6-3-2-4-7-19)20(23(33)34)14-28-22(32)16-12-17-8-9-18(15-30(17)21(31)13-16)37-11-5-10-27-24(25)26/h2-4,6-9,12-13,15,20H,5,10-11,14H2,1H3,(H,28,32)(H,33,34)(H4,25,26,27)/p+1. The Hall–Kier alpha value is -4.43. The van der Waals surface area contributed by atoms with Gasteiger partial charge in [0.25, 0.3) is 11.5 Å². The van der Waals surface area contributed by atoms with E-state index in [9.17, 15) is 27.9 Å². The van der Waals surface area contributed by atoms with Crippen molar-refractivity contribution in [2.75, 3.05) is 26.7 Å². The van der Waals surface area contributed by atoms with Gasteiger partial charge in [-0.25, -0.2) is 8.42 Å². The van der Waals surface area contributed by atoms with Crippen LogP contribution in [0.4, 0.5) is 0 Å². The third kappa shape index (κ3) is 6.86. The maximum atomic E-state index is 12.8. The van der Waals surface area contributed by atoms with Crippen molar-refractivity contribution in [1.29, 1.82) is 0 Å². The second kappa shape index (κ2) is 12.2. The van der Waals surface area contributed by atoms with E-state index in [-0.39, 0.29) is 16.4 Å². The number of nitrogens with one attached hydrogen (secondary N) is 2. The van der Waals surface area contributed by atoms with Gasteiger partial charge in [0.2, 0.25) is 10.0 Å². The summed E-state index contributed by atoms with van der Waals surface area (Å²) in [6.45, 7) is 0.344. The van der Waals surface area contributed by atoms with Gasteiger partial charge in [0.05, 0.1) is 24.2 Å². The molecule has 0 saturated heterocycles. The molecule has 0 fully saturated rings. The van der Waals surface area contributed by atoms with Crippen LogP contribution in [0.5, 0.6) is 5.75 Å². The molecule has 13 nitrogen and oxygen atoms in total. The second-order valence-electron chi connectivity index (χ2n) is 8.22. The van der Waals surface area contributed by atoms with Gasteiger partial charge in [-0.05, 0) is 30.3 Å². The second-order valence-corrected chi connectivity index (χ2v) is 10.2. The number of hydrogen-bond acceptors (Lipinski definition) is 6. The van der Waals surface area contributed by atoms with Crippen LogP contribution in [0.3, 0.4) is 0 Å². The molecule has 202 valence electrons. The van der Waals surface area contributed by atoms with E-state index in [1.807, 2.05) is 0 Å². The predicted molar refractivity (Wildman–Crippen MR) is 138 cm³/mol. The molecule has 0 spiro atoms. The van der Waals surface area contributed by atoms with Crippen LogP contribution in [0.1, 0.15) is 16.8 Å². The van der Waals surface area contributed by atoms with E-state index in [2.05, 4.69) is 10.3 Å². The lowest BCUT2D eigenvalue weighted by Gasteiger charge is -2.24. The number of pyridine rings is 2. The Kier molecular flexibility index (Phi) is 9.04. The molecule has 1 aromatic carbocycles. The fourth-order valence-corrected chi connectivity index (χ4v) is 4.84. The Labute approximate surface area is 218 Å². The third-order valence-electron chi connectivity index (χ3n) is 5.55. The number of nitrogens with zero attached hydrogens (tertiary/aromatic N) is 2. The Morgan fingerprint density at radius 1 is 1.16 bits per heavy atom. The maximum Gasteiger partial charge on any atom is 0.338 e. The molecule has 0 saturated carbocycles. The number of aliphatic carboxylic acids is 1. The van der Waals surface area contributed by atoms with Crippen molar-refractivity contribution >= 4 is 33.4 Å². The summed E-state index contributed by atoms with van der Waals surface area (Å²) in [5.41, 5.74) is 10.5. The molecule has 0 aliphatic carbocycles. The van der Waals surface area contributed by atoms with Crippen LogP contribution in [0.15, 0.2) is 70.5 Å². The molecule has 0 aliphatic heterocycles. The largest absolute Gasteiger partial charge is 0.492 e. The Bertz CT molecular complexity index is 1500. The molecule has 0 bridgehead atoms. The number of ether oxygens (including phenoxy) is 1. The van der Waals surface area contributed by atoms with Crippen molar-refractivity contribution in [3.8, 4) is 5.75 Å². The fourth-order valence-electron chi connectivity index (χ4n) is 3.51. The van der Waals surface area contributed by atoms with Crippen molar-refractivity contribution in [2.24, 2.45) is 11.5 Å². The molecular weight excluding hydrogens is 516 g/mol. The number of carboxylic acid groups (broad SMARTS) is 1. The Morgan fingerprint density at radius 3 is 2.53 bits per heavy atom. The van der Waals surface area contributed by atoms with Crippen molar-refractivity contribution in [2.45, 2.75) is 17.4 Å². The highest BCUT2D eigenvalue weighted by Crippen LogP contribution is 2.17. The summed E-state index contributed by atoms with van der Waals surface area (Å²) >= 11 is 0. The summed E-state index contributed by atoms with van der Waals surface area (Å²) < 4.78 is 33.2. The molecule has 14 heteroatoms. The number of guanidine groups is 1. The van der Waals surface area contributed by atoms with Crippen LogP contribution in [0, 0.1) is 0 Å². The van der Waals surface area contributed by atoms with Gasteiger partial charge in [-0.2, -0.15) is 4.31 Å². The average Bonchev–Trinajstić information content (AvgIpc) is 2.88. The van der Waals surface area contributed by atoms with E-state index >= 15 is 0 Å². The first-order valence-corrected chi connectivity index (χ1v) is 12.9. The van der Waals surface area contributed by atoms with Crippen LogP contribution in [-0.2, 0) is 14.8 Å². The van der Waals surface area contributed by atoms with E-state index in [0.29, 0.717) is 35.1 Å². The first-order chi connectivity index (χ1) is 18.0. The highest BCUT2D eigenvalue weighted by atomic mass is 32.2. The van der Waals surface area contributed by atoms with E-state index < -0.39 is 40.0 Å². The number of aromatic nitrogens is 1. The fraction of sp³-hybridized carbons (Fsp3) is 0.250. The summed E-state index contributed by atoms with van der Waals surface area (Å²) in [6.07, 6.45) is 2.10. The predicted octanol–water partition coefficient (Wildman–Crippen LogP) is -2.07. The van der Waals surface area contributed by atoms with Crippen molar-refractivity contribution < 1.29 is 32.8 Å². The minimum atomic E-state index is -4.13. The summed E-state index contributed by atoms with van der Waals surface area (Å²) in [4.78, 5) is 39.9. The number of amides is 1. The quantitative estimate of drug-likeness (QED) is 0.0963. The molecule has 3 aromatic rings. The zero-order chi connectivity index (χ0) is 27.9. The number of benzene rings is 1. The van der Waals surface area contributed by atoms with Gasteiger partial charge in [0.15, 0.2) is 0 Å². The van der Waals surface area contributed by atoms with Gasteiger partial charge < -0.3 is 15.2 Å². The first kappa shape index (κ1) is 28.1. The van der Waals surface area contributed by atoms with Gasteiger partial charge in [-0.3, -0.25) is 35.2 Å². The summed E-state index contributed by atoms with van der Waals surface area (Å²) in [7, 11) is -3.01. The van der Waals surface area contributed by atoms with Crippen molar-refractivity contribution in [3.63, 3.8) is 0 Å². The van der Waals surface area contributed by atoms with Crippen LogP contribution in [0.25, 0.3) is 5.52 Å². The van der Waals surface area contributed by atoms with Crippen LogP contribution >= 0.6 is 0 Å². The van der Waals surface area contributed by atoms with Crippen LogP contribution in [-0.4, -0.2) is 72.9 Å². The van der Waals surface area contributed by atoms with Crippen LogP contribution < -0.4 is 32.1 Å². The molecule has 38 heavy (non-hydrogen) atoms. The monoisotopic (exact) mass is 545 g/mol. The highest BCUT2D eigenvalue weighted by molar-refractivity contribution is 7.89. The summed E-state index contributed by atoms with van der Waals surface area (Å²) in [5.74, 6) is -1.62. The SMILES string of the molecule is CN(C(CNC(=O)c1cc(=O)n2cc(OCCC[NH+]=C(N)N)ccc2c1)C(=O)O)S(=O)(=O)c1ccccc1. The molecule has 0 aliphatic rings. The first-order valence-electron chi connectivity index (χ1n) is 11.5. The number of likely N-dealkylation sites (N-methyl/N-ethyl adjacent to an activating group) is 1. The van der Waals surface area contributed by atoms with Gasteiger partial charge in [0.1, 0.15) is 11.8 Å².